The third-order valence-electron chi connectivity index (χ3n) is 10.2. The maximum Gasteiger partial charge on any atom is 0.316 e. The van der Waals surface area contributed by atoms with Crippen molar-refractivity contribution in [1.29, 1.82) is 0 Å². The molecule has 0 aromatic rings. The fraction of sp³-hybridized carbons (Fsp3) is 0.958. The van der Waals surface area contributed by atoms with E-state index in [1.807, 2.05) is 0 Å². The molecular weight excluding hydrogens is 377 g/mol. The first-order valence-corrected chi connectivity index (χ1v) is 11.7. The Balaban J connectivity index is 0.00000240. The van der Waals surface area contributed by atoms with Crippen LogP contribution in [0.3, 0.4) is 0 Å². The van der Waals surface area contributed by atoms with Crippen molar-refractivity contribution in [3.8, 4) is 0 Å². The molecule has 10 atom stereocenters. The maximum atomic E-state index is 11.1. The molecule has 4 aliphatic carbocycles. The highest BCUT2D eigenvalue weighted by Crippen LogP contribution is 2.68. The molecule has 4 nitrogen and oxygen atoms in total. The summed E-state index contributed by atoms with van der Waals surface area (Å²) >= 11 is 0. The number of carbonyl (C=O) groups is 1. The van der Waals surface area contributed by atoms with Crippen molar-refractivity contribution >= 4 is 29.0 Å². The molecule has 0 aromatic heterocycles. The summed E-state index contributed by atoms with van der Waals surface area (Å²) < 4.78 is 0. The fourth-order valence-corrected chi connectivity index (χ4v) is 8.81. The van der Waals surface area contributed by atoms with Crippen LogP contribution in [0, 0.1) is 46.3 Å². The number of fused-ring (bicyclic) bond motifs is 5. The standard InChI is InChI=1S/C24H40O4.Mg.2H/c1-14(4-7-22(27)28)17-5-6-18-16-13-21(26)20-12-15(25)8-10-24(20,3)19(16)9-11-23(17,18)2;;;/h14-21,25-26H,4-13H2,1-3H3,(H,27,28);;;/t14?,15?,16-,17+,18-,19-,20?,21?,23+,24+;;;/m0.../s1. The number of carboxylic acids is 1. The predicted octanol–water partition coefficient (Wildman–Crippen LogP) is 3.56. The third-order valence-corrected chi connectivity index (χ3v) is 10.2. The molecule has 4 unspecified atom stereocenters. The number of carboxylic acid groups (broad SMARTS) is 1. The van der Waals surface area contributed by atoms with Gasteiger partial charge in [-0.2, -0.15) is 0 Å². The smallest absolute Gasteiger partial charge is 0.316 e. The number of hydrogen-bond donors (Lipinski definition) is 3. The van der Waals surface area contributed by atoms with E-state index in [0.717, 1.165) is 32.1 Å². The van der Waals surface area contributed by atoms with E-state index in [1.54, 1.807) is 0 Å². The third kappa shape index (κ3) is 3.91. The highest BCUT2D eigenvalue weighted by molar-refractivity contribution is 5.75. The van der Waals surface area contributed by atoms with Gasteiger partial charge in [0.05, 0.1) is 12.2 Å². The Kier molecular flexibility index (Phi) is 7.06. The van der Waals surface area contributed by atoms with Crippen LogP contribution in [0.5, 0.6) is 0 Å². The zero-order valence-electron chi connectivity index (χ0n) is 17.9. The number of aliphatic hydroxyl groups is 2. The minimum absolute atomic E-state index is 0. The minimum Gasteiger partial charge on any atom is -0.481 e. The van der Waals surface area contributed by atoms with Gasteiger partial charge >= 0.3 is 29.0 Å². The van der Waals surface area contributed by atoms with Gasteiger partial charge in [0.1, 0.15) is 0 Å². The van der Waals surface area contributed by atoms with Crippen molar-refractivity contribution < 1.29 is 20.1 Å². The van der Waals surface area contributed by atoms with E-state index in [1.165, 1.54) is 25.7 Å². The van der Waals surface area contributed by atoms with Gasteiger partial charge in [-0.1, -0.05) is 20.8 Å². The minimum atomic E-state index is -0.677. The molecule has 0 aliphatic heterocycles. The van der Waals surface area contributed by atoms with Gasteiger partial charge in [-0.25, -0.2) is 0 Å². The van der Waals surface area contributed by atoms with Gasteiger partial charge in [0.2, 0.25) is 0 Å². The molecule has 3 N–H and O–H groups in total. The SMILES string of the molecule is CC(CCC(=O)O)[C@H]1CC[C@H]2[C@@H]3CC(O)C4CC(O)CC[C@]4(C)[C@H]3CC[C@]12C.[MgH2]. The van der Waals surface area contributed by atoms with Crippen LogP contribution in [0.1, 0.15) is 85.0 Å². The summed E-state index contributed by atoms with van der Waals surface area (Å²) in [6, 6.07) is 0. The molecule has 0 bridgehead atoms. The van der Waals surface area contributed by atoms with Gasteiger partial charge in [0.25, 0.3) is 0 Å². The number of aliphatic carboxylic acids is 1. The van der Waals surface area contributed by atoms with Gasteiger partial charge in [-0.15, -0.1) is 0 Å². The summed E-state index contributed by atoms with van der Waals surface area (Å²) in [6.45, 7) is 7.16. The molecule has 4 aliphatic rings. The first-order chi connectivity index (χ1) is 13.2. The number of hydrogen-bond acceptors (Lipinski definition) is 3. The van der Waals surface area contributed by atoms with Crippen molar-refractivity contribution in [2.75, 3.05) is 0 Å². The second kappa shape index (κ2) is 8.59. The van der Waals surface area contributed by atoms with Gasteiger partial charge in [-0.3, -0.25) is 4.79 Å². The molecule has 0 spiro atoms. The maximum absolute atomic E-state index is 11.1. The highest BCUT2D eigenvalue weighted by atomic mass is 24.3. The lowest BCUT2D eigenvalue weighted by molar-refractivity contribution is -0.172. The molecule has 4 saturated carbocycles. The predicted molar refractivity (Wildman–Crippen MR) is 117 cm³/mol. The van der Waals surface area contributed by atoms with Crippen LogP contribution in [0.2, 0.25) is 0 Å². The lowest BCUT2D eigenvalue weighted by Gasteiger charge is -2.62. The topological polar surface area (TPSA) is 77.8 Å². The Morgan fingerprint density at radius 2 is 1.62 bits per heavy atom. The van der Waals surface area contributed by atoms with Gasteiger partial charge < -0.3 is 15.3 Å². The molecule has 164 valence electrons. The van der Waals surface area contributed by atoms with E-state index in [9.17, 15) is 15.0 Å². The quantitative estimate of drug-likeness (QED) is 0.610. The van der Waals surface area contributed by atoms with Crippen LogP contribution in [0.25, 0.3) is 0 Å². The Morgan fingerprint density at radius 3 is 2.31 bits per heavy atom. The van der Waals surface area contributed by atoms with E-state index in [0.29, 0.717) is 35.0 Å². The Bertz CT molecular complexity index is 612. The van der Waals surface area contributed by atoms with Crippen molar-refractivity contribution in [3.63, 3.8) is 0 Å². The van der Waals surface area contributed by atoms with E-state index in [2.05, 4.69) is 20.8 Å². The molecule has 0 saturated heterocycles. The van der Waals surface area contributed by atoms with Crippen LogP contribution in [-0.2, 0) is 4.79 Å². The summed E-state index contributed by atoms with van der Waals surface area (Å²) in [5.41, 5.74) is 0.478. The number of rotatable bonds is 4. The fourth-order valence-electron chi connectivity index (χ4n) is 8.81. The van der Waals surface area contributed by atoms with Gasteiger partial charge in [-0.05, 0) is 104 Å². The lowest BCUT2D eigenvalue weighted by atomic mass is 9.44. The normalized spacial score (nSPS) is 49.9. The lowest BCUT2D eigenvalue weighted by Crippen LogP contribution is -2.58. The average molecular weight is 419 g/mol. The largest absolute Gasteiger partial charge is 0.481 e. The molecule has 4 fully saturated rings. The summed E-state index contributed by atoms with van der Waals surface area (Å²) in [5.74, 6) is 2.61. The first-order valence-electron chi connectivity index (χ1n) is 11.7. The van der Waals surface area contributed by atoms with Crippen LogP contribution in [0.4, 0.5) is 0 Å². The van der Waals surface area contributed by atoms with E-state index < -0.39 is 5.97 Å². The molecule has 4 rings (SSSR count). The molecule has 0 amide bonds. The summed E-state index contributed by atoms with van der Waals surface area (Å²) in [5, 5.41) is 30.4. The molecule has 29 heavy (non-hydrogen) atoms. The summed E-state index contributed by atoms with van der Waals surface area (Å²) in [4.78, 5) is 11.1. The van der Waals surface area contributed by atoms with Crippen LogP contribution < -0.4 is 0 Å². The van der Waals surface area contributed by atoms with Crippen molar-refractivity contribution in [3.05, 3.63) is 0 Å². The van der Waals surface area contributed by atoms with Crippen molar-refractivity contribution in [1.82, 2.24) is 0 Å². The van der Waals surface area contributed by atoms with Crippen molar-refractivity contribution in [2.24, 2.45) is 46.3 Å². The highest BCUT2D eigenvalue weighted by Gasteiger charge is 2.62. The molecular formula is C24H42MgO4. The van der Waals surface area contributed by atoms with Crippen LogP contribution >= 0.6 is 0 Å². The molecule has 0 radical (unpaired) electrons. The monoisotopic (exact) mass is 418 g/mol. The van der Waals surface area contributed by atoms with Crippen LogP contribution in [-0.4, -0.2) is 56.5 Å². The molecule has 0 aromatic carbocycles. The Hall–Kier alpha value is 0.156. The summed E-state index contributed by atoms with van der Waals surface area (Å²) in [7, 11) is 0. The van der Waals surface area contributed by atoms with E-state index in [-0.39, 0.29) is 53.0 Å². The van der Waals surface area contributed by atoms with E-state index in [4.69, 9.17) is 5.11 Å². The molecule has 5 heteroatoms. The average Bonchev–Trinajstić information content (AvgIpc) is 2.99. The van der Waals surface area contributed by atoms with Crippen LogP contribution in [0.15, 0.2) is 0 Å². The molecule has 0 heterocycles. The van der Waals surface area contributed by atoms with E-state index >= 15 is 0 Å². The van der Waals surface area contributed by atoms with Crippen molar-refractivity contribution in [2.45, 2.75) is 97.2 Å². The zero-order chi connectivity index (χ0) is 20.3. The number of aliphatic hydroxyl groups excluding tert-OH is 2. The van der Waals surface area contributed by atoms with Gasteiger partial charge in [0, 0.05) is 6.42 Å². The second-order valence-corrected chi connectivity index (χ2v) is 11.4. The second-order valence-electron chi connectivity index (χ2n) is 11.4. The zero-order valence-corrected chi connectivity index (χ0v) is 17.9. The Morgan fingerprint density at radius 1 is 0.966 bits per heavy atom. The van der Waals surface area contributed by atoms with Gasteiger partial charge in [0.15, 0.2) is 0 Å². The first kappa shape index (κ1) is 23.8. The Labute approximate surface area is 192 Å². The summed E-state index contributed by atoms with van der Waals surface area (Å²) in [6.07, 6.45) is 9.16.